The first-order valence-corrected chi connectivity index (χ1v) is 6.02. The van der Waals surface area contributed by atoms with Crippen LogP contribution in [0.15, 0.2) is 24.3 Å². The zero-order valence-corrected chi connectivity index (χ0v) is 10.6. The molecule has 0 bridgehead atoms. The maximum atomic E-state index is 11.2. The lowest BCUT2D eigenvalue weighted by atomic mass is 9.89. The number of nitrogens with one attached hydrogen (secondary N) is 1. The number of aryl methyl sites for hydroxylation is 1. The van der Waals surface area contributed by atoms with E-state index in [9.17, 15) is 4.79 Å². The second kappa shape index (κ2) is 4.40. The standard InChI is InChI=1S/C14H19NO2/c1-10(16)15-14(2,3)13-9-8-11-6-4-5-7-12(11)17-13/h4-7,13H,8-9H2,1-3H3,(H,15,16). The average molecular weight is 233 g/mol. The predicted molar refractivity (Wildman–Crippen MR) is 67.1 cm³/mol. The summed E-state index contributed by atoms with van der Waals surface area (Å²) in [5.74, 6) is 0.930. The third-order valence-corrected chi connectivity index (χ3v) is 3.22. The van der Waals surface area contributed by atoms with E-state index >= 15 is 0 Å². The molecule has 3 nitrogen and oxygen atoms in total. The molecule has 1 aromatic carbocycles. The minimum absolute atomic E-state index is 0.0162. The first-order valence-electron chi connectivity index (χ1n) is 6.02. The number of carbonyl (C=O) groups is 1. The number of benzene rings is 1. The topological polar surface area (TPSA) is 38.3 Å². The van der Waals surface area contributed by atoms with Gasteiger partial charge in [-0.2, -0.15) is 0 Å². The maximum Gasteiger partial charge on any atom is 0.217 e. The number of para-hydroxylation sites is 1. The van der Waals surface area contributed by atoms with E-state index in [1.54, 1.807) is 6.92 Å². The van der Waals surface area contributed by atoms with E-state index in [2.05, 4.69) is 11.4 Å². The van der Waals surface area contributed by atoms with Gasteiger partial charge in [0.1, 0.15) is 11.9 Å². The van der Waals surface area contributed by atoms with Crippen LogP contribution in [-0.4, -0.2) is 17.6 Å². The Morgan fingerprint density at radius 2 is 2.12 bits per heavy atom. The second-order valence-electron chi connectivity index (χ2n) is 5.16. The van der Waals surface area contributed by atoms with Crippen LogP contribution in [-0.2, 0) is 11.2 Å². The van der Waals surface area contributed by atoms with Crippen molar-refractivity contribution in [1.82, 2.24) is 5.32 Å². The molecule has 0 aromatic heterocycles. The number of fused-ring (bicyclic) bond motifs is 1. The van der Waals surface area contributed by atoms with Gasteiger partial charge in [0.05, 0.1) is 5.54 Å². The molecule has 1 atom stereocenters. The monoisotopic (exact) mass is 233 g/mol. The Labute approximate surface area is 102 Å². The van der Waals surface area contributed by atoms with Gasteiger partial charge in [0, 0.05) is 6.92 Å². The first kappa shape index (κ1) is 12.0. The molecule has 1 N–H and O–H groups in total. The lowest BCUT2D eigenvalue weighted by Crippen LogP contribution is -2.54. The lowest BCUT2D eigenvalue weighted by molar-refractivity contribution is -0.121. The number of rotatable bonds is 2. The molecule has 1 aliphatic rings. The molecule has 1 aromatic rings. The highest BCUT2D eigenvalue weighted by molar-refractivity contribution is 5.73. The summed E-state index contributed by atoms with van der Waals surface area (Å²) in [5, 5.41) is 2.96. The van der Waals surface area contributed by atoms with E-state index in [0.717, 1.165) is 18.6 Å². The van der Waals surface area contributed by atoms with Gasteiger partial charge in [-0.05, 0) is 38.3 Å². The largest absolute Gasteiger partial charge is 0.488 e. The van der Waals surface area contributed by atoms with Gasteiger partial charge in [0.25, 0.3) is 0 Å². The normalized spacial score (nSPS) is 19.1. The molecule has 3 heteroatoms. The fraction of sp³-hybridized carbons (Fsp3) is 0.500. The van der Waals surface area contributed by atoms with Crippen LogP contribution in [0, 0.1) is 0 Å². The fourth-order valence-corrected chi connectivity index (χ4v) is 2.37. The summed E-state index contributed by atoms with van der Waals surface area (Å²) in [6.07, 6.45) is 1.97. The van der Waals surface area contributed by atoms with Crippen LogP contribution >= 0.6 is 0 Å². The van der Waals surface area contributed by atoms with E-state index < -0.39 is 0 Å². The number of amides is 1. The number of hydrogen-bond donors (Lipinski definition) is 1. The van der Waals surface area contributed by atoms with E-state index in [4.69, 9.17) is 4.74 Å². The molecule has 0 fully saturated rings. The Balaban J connectivity index is 2.14. The molecule has 92 valence electrons. The van der Waals surface area contributed by atoms with Crippen LogP contribution in [0.25, 0.3) is 0 Å². The van der Waals surface area contributed by atoms with Crippen molar-refractivity contribution in [3.8, 4) is 5.75 Å². The SMILES string of the molecule is CC(=O)NC(C)(C)C1CCc2ccccc2O1. The molecule has 1 amide bonds. The zero-order chi connectivity index (χ0) is 12.5. The van der Waals surface area contributed by atoms with E-state index in [1.807, 2.05) is 32.0 Å². The van der Waals surface area contributed by atoms with Crippen molar-refractivity contribution in [1.29, 1.82) is 0 Å². The number of carbonyl (C=O) groups excluding carboxylic acids is 1. The lowest BCUT2D eigenvalue weighted by Gasteiger charge is -2.38. The molecular weight excluding hydrogens is 214 g/mol. The Bertz CT molecular complexity index is 426. The Morgan fingerprint density at radius 3 is 2.82 bits per heavy atom. The number of ether oxygens (including phenoxy) is 1. The van der Waals surface area contributed by atoms with Crippen LogP contribution in [0.2, 0.25) is 0 Å². The van der Waals surface area contributed by atoms with E-state index in [-0.39, 0.29) is 17.6 Å². The number of hydrogen-bond acceptors (Lipinski definition) is 2. The van der Waals surface area contributed by atoms with Crippen molar-refractivity contribution >= 4 is 5.91 Å². The first-order chi connectivity index (χ1) is 7.99. The van der Waals surface area contributed by atoms with Gasteiger partial charge in [0.15, 0.2) is 0 Å². The van der Waals surface area contributed by atoms with Gasteiger partial charge in [0.2, 0.25) is 5.91 Å². The van der Waals surface area contributed by atoms with Gasteiger partial charge >= 0.3 is 0 Å². The molecule has 0 saturated carbocycles. The van der Waals surface area contributed by atoms with Crippen molar-refractivity contribution in [3.63, 3.8) is 0 Å². The van der Waals surface area contributed by atoms with Crippen molar-refractivity contribution in [2.45, 2.75) is 45.3 Å². The zero-order valence-electron chi connectivity index (χ0n) is 10.6. The molecule has 1 heterocycles. The summed E-state index contributed by atoms with van der Waals surface area (Å²) in [6.45, 7) is 5.55. The average Bonchev–Trinajstić information content (AvgIpc) is 2.26. The third-order valence-electron chi connectivity index (χ3n) is 3.22. The molecular formula is C14H19NO2. The molecule has 17 heavy (non-hydrogen) atoms. The molecule has 0 aliphatic carbocycles. The van der Waals surface area contributed by atoms with Gasteiger partial charge in [-0.1, -0.05) is 18.2 Å². The van der Waals surface area contributed by atoms with Crippen LogP contribution in [0.1, 0.15) is 32.8 Å². The van der Waals surface area contributed by atoms with Crippen molar-refractivity contribution in [2.75, 3.05) is 0 Å². The minimum atomic E-state index is -0.334. The molecule has 2 rings (SSSR count). The van der Waals surface area contributed by atoms with Crippen LogP contribution in [0.4, 0.5) is 0 Å². The van der Waals surface area contributed by atoms with Crippen molar-refractivity contribution in [3.05, 3.63) is 29.8 Å². The molecule has 0 radical (unpaired) electrons. The second-order valence-corrected chi connectivity index (χ2v) is 5.16. The Hall–Kier alpha value is -1.51. The van der Waals surface area contributed by atoms with Crippen LogP contribution in [0.5, 0.6) is 5.75 Å². The highest BCUT2D eigenvalue weighted by Gasteiger charge is 2.34. The summed E-state index contributed by atoms with van der Waals surface area (Å²) in [7, 11) is 0. The summed E-state index contributed by atoms with van der Waals surface area (Å²) < 4.78 is 5.98. The molecule has 1 unspecified atom stereocenters. The van der Waals surface area contributed by atoms with Gasteiger partial charge < -0.3 is 10.1 Å². The Morgan fingerprint density at radius 1 is 1.41 bits per heavy atom. The maximum absolute atomic E-state index is 11.2. The van der Waals surface area contributed by atoms with Crippen molar-refractivity contribution < 1.29 is 9.53 Å². The smallest absolute Gasteiger partial charge is 0.217 e. The minimum Gasteiger partial charge on any atom is -0.488 e. The van der Waals surface area contributed by atoms with Gasteiger partial charge in [-0.3, -0.25) is 4.79 Å². The predicted octanol–water partition coefficient (Wildman–Crippen LogP) is 2.29. The van der Waals surface area contributed by atoms with Crippen LogP contribution < -0.4 is 10.1 Å². The van der Waals surface area contributed by atoms with Crippen LogP contribution in [0.3, 0.4) is 0 Å². The summed E-state index contributed by atoms with van der Waals surface area (Å²) in [5.41, 5.74) is 0.918. The molecule has 0 saturated heterocycles. The summed E-state index contributed by atoms with van der Waals surface area (Å²) in [6, 6.07) is 8.09. The molecule has 0 spiro atoms. The summed E-state index contributed by atoms with van der Waals surface area (Å²) in [4.78, 5) is 11.2. The summed E-state index contributed by atoms with van der Waals surface area (Å²) >= 11 is 0. The van der Waals surface area contributed by atoms with E-state index in [0.29, 0.717) is 0 Å². The molecule has 1 aliphatic heterocycles. The van der Waals surface area contributed by atoms with E-state index in [1.165, 1.54) is 5.56 Å². The highest BCUT2D eigenvalue weighted by atomic mass is 16.5. The third kappa shape index (κ3) is 2.60. The Kier molecular flexibility index (Phi) is 3.09. The van der Waals surface area contributed by atoms with Crippen molar-refractivity contribution in [2.24, 2.45) is 0 Å². The quantitative estimate of drug-likeness (QED) is 0.851. The van der Waals surface area contributed by atoms with Gasteiger partial charge in [-0.25, -0.2) is 0 Å². The highest BCUT2D eigenvalue weighted by Crippen LogP contribution is 2.31. The fourth-order valence-electron chi connectivity index (χ4n) is 2.37. The van der Waals surface area contributed by atoms with Gasteiger partial charge in [-0.15, -0.1) is 0 Å².